The van der Waals surface area contributed by atoms with Gasteiger partial charge in [-0.15, -0.1) is 10.2 Å². The van der Waals surface area contributed by atoms with Crippen LogP contribution in [0.3, 0.4) is 0 Å². The number of para-hydroxylation sites is 2. The average molecular weight is 484 g/mol. The Bertz CT molecular complexity index is 1160. The number of furan rings is 1. The summed E-state index contributed by atoms with van der Waals surface area (Å²) in [6, 6.07) is 10.9. The number of anilines is 1. The van der Waals surface area contributed by atoms with E-state index in [0.717, 1.165) is 0 Å². The number of fused-ring (bicyclic) bond motifs is 1. The number of nitrogens with zero attached hydrogens (tertiary/aromatic N) is 5. The van der Waals surface area contributed by atoms with Crippen LogP contribution in [0.25, 0.3) is 11.6 Å². The molecule has 0 N–H and O–H groups in total. The van der Waals surface area contributed by atoms with Crippen molar-refractivity contribution in [2.24, 2.45) is 0 Å². The Morgan fingerprint density at radius 2 is 1.94 bits per heavy atom. The van der Waals surface area contributed by atoms with Crippen LogP contribution in [0.5, 0.6) is 5.75 Å². The second-order valence-corrected chi connectivity index (χ2v) is 8.78. The summed E-state index contributed by atoms with van der Waals surface area (Å²) in [5.74, 6) is 1.65. The standard InChI is InChI=1S/C23H25N5O5S/c1-2-27-21(18-8-5-11-32-18)24-25-23(27)34-15-20(29)28-14-19(22(30)26-9-12-31-13-10-26)33-17-7-4-3-6-16(17)28/h3-8,11,19H,2,9-10,12-15H2,1H3/t19-/m1/s1. The lowest BCUT2D eigenvalue weighted by molar-refractivity contribution is -0.142. The van der Waals surface area contributed by atoms with Gasteiger partial charge in [0.05, 0.1) is 37.5 Å². The summed E-state index contributed by atoms with van der Waals surface area (Å²) in [5.41, 5.74) is 0.660. The van der Waals surface area contributed by atoms with Crippen LogP contribution in [-0.4, -0.2) is 76.2 Å². The number of benzene rings is 1. The van der Waals surface area contributed by atoms with E-state index in [0.29, 0.717) is 61.0 Å². The molecule has 2 amide bonds. The molecule has 0 radical (unpaired) electrons. The first-order valence-electron chi connectivity index (χ1n) is 11.2. The van der Waals surface area contributed by atoms with Gasteiger partial charge in [0.2, 0.25) is 5.91 Å². The molecule has 2 aliphatic heterocycles. The van der Waals surface area contributed by atoms with E-state index in [-0.39, 0.29) is 24.1 Å². The minimum absolute atomic E-state index is 0.128. The van der Waals surface area contributed by atoms with E-state index in [1.807, 2.05) is 35.8 Å². The quantitative estimate of drug-likeness (QED) is 0.492. The molecule has 11 heteroatoms. The molecule has 10 nitrogen and oxygen atoms in total. The van der Waals surface area contributed by atoms with Gasteiger partial charge in [0.15, 0.2) is 22.8 Å². The minimum atomic E-state index is -0.758. The minimum Gasteiger partial charge on any atom is -0.476 e. The Balaban J connectivity index is 1.32. The van der Waals surface area contributed by atoms with Crippen molar-refractivity contribution in [3.05, 3.63) is 42.7 Å². The SMILES string of the molecule is CCn1c(SCC(=O)N2C[C@H](C(=O)N3CCOCC3)Oc3ccccc32)nnc1-c1ccco1. The molecule has 0 saturated carbocycles. The third-order valence-corrected chi connectivity index (χ3v) is 6.72. The molecular formula is C23H25N5O5S. The highest BCUT2D eigenvalue weighted by Gasteiger charge is 2.36. The number of rotatable bonds is 6. The molecule has 1 saturated heterocycles. The topological polar surface area (TPSA) is 103 Å². The number of morpholine rings is 1. The van der Waals surface area contributed by atoms with Crippen molar-refractivity contribution >= 4 is 29.3 Å². The number of hydrogen-bond donors (Lipinski definition) is 0. The molecule has 1 aromatic carbocycles. The summed E-state index contributed by atoms with van der Waals surface area (Å²) in [4.78, 5) is 29.8. The van der Waals surface area contributed by atoms with Gasteiger partial charge in [0.1, 0.15) is 5.75 Å². The highest BCUT2D eigenvalue weighted by atomic mass is 32.2. The van der Waals surface area contributed by atoms with E-state index in [1.165, 1.54) is 11.8 Å². The van der Waals surface area contributed by atoms with Gasteiger partial charge in [-0.3, -0.25) is 14.2 Å². The Morgan fingerprint density at radius 1 is 1.12 bits per heavy atom. The monoisotopic (exact) mass is 483 g/mol. The number of ether oxygens (including phenoxy) is 2. The molecular weight excluding hydrogens is 458 g/mol. The van der Waals surface area contributed by atoms with Crippen molar-refractivity contribution in [1.82, 2.24) is 19.7 Å². The summed E-state index contributed by atoms with van der Waals surface area (Å²) < 4.78 is 18.7. The molecule has 1 atom stereocenters. The van der Waals surface area contributed by atoms with Crippen LogP contribution in [0.15, 0.2) is 52.2 Å². The summed E-state index contributed by atoms with van der Waals surface area (Å²) >= 11 is 1.31. The van der Waals surface area contributed by atoms with Crippen molar-refractivity contribution in [3.8, 4) is 17.3 Å². The van der Waals surface area contributed by atoms with E-state index >= 15 is 0 Å². The lowest BCUT2D eigenvalue weighted by Crippen LogP contribution is -2.54. The van der Waals surface area contributed by atoms with E-state index in [4.69, 9.17) is 13.9 Å². The number of carbonyl (C=O) groups excluding carboxylic acids is 2. The fourth-order valence-corrected chi connectivity index (χ4v) is 4.94. The van der Waals surface area contributed by atoms with Crippen LogP contribution < -0.4 is 9.64 Å². The Kier molecular flexibility index (Phi) is 6.54. The third kappa shape index (κ3) is 4.40. The number of thioether (sulfide) groups is 1. The maximum absolute atomic E-state index is 13.3. The maximum Gasteiger partial charge on any atom is 0.265 e. The molecule has 3 aromatic rings. The maximum atomic E-state index is 13.3. The van der Waals surface area contributed by atoms with Crippen molar-refractivity contribution in [2.45, 2.75) is 24.7 Å². The molecule has 0 aliphatic carbocycles. The highest BCUT2D eigenvalue weighted by Crippen LogP contribution is 2.34. The van der Waals surface area contributed by atoms with Gasteiger partial charge in [0, 0.05) is 19.6 Å². The van der Waals surface area contributed by atoms with Gasteiger partial charge in [-0.2, -0.15) is 0 Å². The summed E-state index contributed by atoms with van der Waals surface area (Å²) in [6.45, 7) is 4.84. The Hall–Kier alpha value is -3.31. The van der Waals surface area contributed by atoms with Crippen molar-refractivity contribution in [1.29, 1.82) is 0 Å². The van der Waals surface area contributed by atoms with E-state index < -0.39 is 6.10 Å². The normalized spacial score (nSPS) is 17.9. The molecule has 2 aromatic heterocycles. The predicted octanol–water partition coefficient (Wildman–Crippen LogP) is 2.30. The average Bonchev–Trinajstić information content (AvgIpc) is 3.56. The molecule has 34 heavy (non-hydrogen) atoms. The highest BCUT2D eigenvalue weighted by molar-refractivity contribution is 7.99. The zero-order chi connectivity index (χ0) is 23.5. The van der Waals surface area contributed by atoms with Crippen molar-refractivity contribution in [2.75, 3.05) is 43.5 Å². The summed E-state index contributed by atoms with van der Waals surface area (Å²) in [7, 11) is 0. The smallest absolute Gasteiger partial charge is 0.265 e. The van der Waals surface area contributed by atoms with Crippen LogP contribution in [0.1, 0.15) is 6.92 Å². The molecule has 0 bridgehead atoms. The first-order valence-corrected chi connectivity index (χ1v) is 12.2. The fraction of sp³-hybridized carbons (Fsp3) is 0.391. The molecule has 4 heterocycles. The fourth-order valence-electron chi connectivity index (χ4n) is 4.06. The van der Waals surface area contributed by atoms with Gasteiger partial charge in [-0.25, -0.2) is 0 Å². The number of carbonyl (C=O) groups is 2. The molecule has 178 valence electrons. The number of hydrogen-bond acceptors (Lipinski definition) is 8. The van der Waals surface area contributed by atoms with E-state index in [1.54, 1.807) is 28.2 Å². The van der Waals surface area contributed by atoms with Crippen LogP contribution in [-0.2, 0) is 20.9 Å². The second kappa shape index (κ2) is 9.90. The number of amides is 2. The van der Waals surface area contributed by atoms with Crippen LogP contribution in [0.2, 0.25) is 0 Å². The second-order valence-electron chi connectivity index (χ2n) is 7.83. The summed E-state index contributed by atoms with van der Waals surface area (Å²) in [6.07, 6.45) is 0.831. The Morgan fingerprint density at radius 3 is 2.71 bits per heavy atom. The largest absolute Gasteiger partial charge is 0.476 e. The third-order valence-electron chi connectivity index (χ3n) is 5.77. The summed E-state index contributed by atoms with van der Waals surface area (Å²) in [5, 5.41) is 9.12. The molecule has 0 spiro atoms. The lowest BCUT2D eigenvalue weighted by atomic mass is 10.1. The number of aromatic nitrogens is 3. The molecule has 2 aliphatic rings. The van der Waals surface area contributed by atoms with Gasteiger partial charge < -0.3 is 23.7 Å². The Labute approximate surface area is 200 Å². The van der Waals surface area contributed by atoms with Gasteiger partial charge in [-0.05, 0) is 31.2 Å². The van der Waals surface area contributed by atoms with Crippen LogP contribution in [0.4, 0.5) is 5.69 Å². The zero-order valence-corrected chi connectivity index (χ0v) is 19.6. The van der Waals surface area contributed by atoms with Gasteiger partial charge >= 0.3 is 0 Å². The lowest BCUT2D eigenvalue weighted by Gasteiger charge is -2.37. The van der Waals surface area contributed by atoms with Gasteiger partial charge in [-0.1, -0.05) is 23.9 Å². The van der Waals surface area contributed by atoms with Gasteiger partial charge in [0.25, 0.3) is 5.91 Å². The molecule has 0 unspecified atom stereocenters. The first-order chi connectivity index (χ1) is 16.7. The molecule has 5 rings (SSSR count). The molecule has 1 fully saturated rings. The van der Waals surface area contributed by atoms with Crippen molar-refractivity contribution < 1.29 is 23.5 Å². The van der Waals surface area contributed by atoms with E-state index in [9.17, 15) is 9.59 Å². The van der Waals surface area contributed by atoms with Crippen LogP contribution in [0, 0.1) is 0 Å². The van der Waals surface area contributed by atoms with E-state index in [2.05, 4.69) is 10.2 Å². The van der Waals surface area contributed by atoms with Crippen LogP contribution >= 0.6 is 11.8 Å². The predicted molar refractivity (Wildman–Crippen MR) is 125 cm³/mol. The first kappa shape index (κ1) is 22.5. The van der Waals surface area contributed by atoms with Crippen molar-refractivity contribution in [3.63, 3.8) is 0 Å². The zero-order valence-electron chi connectivity index (χ0n) is 18.8.